The first-order chi connectivity index (χ1) is 13.3. The second-order valence-corrected chi connectivity index (χ2v) is 7.55. The van der Waals surface area contributed by atoms with Crippen molar-refractivity contribution in [2.24, 2.45) is 0 Å². The van der Waals surface area contributed by atoms with E-state index in [4.69, 9.17) is 10.7 Å². The average Bonchev–Trinajstić information content (AvgIpc) is 3.42. The summed E-state index contributed by atoms with van der Waals surface area (Å²) in [4.78, 5) is 14.2. The maximum atomic E-state index is 6.19. The lowest BCUT2D eigenvalue weighted by atomic mass is 10.2. The Morgan fingerprint density at radius 2 is 1.96 bits per heavy atom. The number of hydrogen-bond acceptors (Lipinski definition) is 6. The van der Waals surface area contributed by atoms with Crippen molar-refractivity contribution in [3.8, 4) is 11.3 Å². The molecule has 0 bridgehead atoms. The summed E-state index contributed by atoms with van der Waals surface area (Å²) in [6.45, 7) is 4.71. The van der Waals surface area contributed by atoms with E-state index in [1.54, 1.807) is 10.7 Å². The SMILES string of the molecule is Nc1nn2cc(N3CCC[C@@H]3CN3CCCC3)cnc2c1-c1ccccn1. The van der Waals surface area contributed by atoms with Crippen LogP contribution in [0.4, 0.5) is 11.5 Å². The van der Waals surface area contributed by atoms with Gasteiger partial charge in [-0.25, -0.2) is 9.50 Å². The maximum Gasteiger partial charge on any atom is 0.166 e. The Morgan fingerprint density at radius 3 is 2.78 bits per heavy atom. The summed E-state index contributed by atoms with van der Waals surface area (Å²) in [6, 6.07) is 6.35. The molecule has 0 amide bonds. The van der Waals surface area contributed by atoms with Gasteiger partial charge in [0.1, 0.15) is 0 Å². The van der Waals surface area contributed by atoms with Gasteiger partial charge in [0.2, 0.25) is 0 Å². The van der Waals surface area contributed by atoms with Crippen LogP contribution in [0.3, 0.4) is 0 Å². The van der Waals surface area contributed by atoms with Crippen LogP contribution in [0.2, 0.25) is 0 Å². The fourth-order valence-electron chi connectivity index (χ4n) is 4.48. The summed E-state index contributed by atoms with van der Waals surface area (Å²) < 4.78 is 1.81. The average molecular weight is 363 g/mol. The molecule has 2 aliphatic heterocycles. The number of hydrogen-bond donors (Lipinski definition) is 1. The summed E-state index contributed by atoms with van der Waals surface area (Å²) in [5, 5.41) is 4.50. The highest BCUT2D eigenvalue weighted by Crippen LogP contribution is 2.31. The third-order valence-corrected chi connectivity index (χ3v) is 5.78. The Bertz CT molecular complexity index is 930. The van der Waals surface area contributed by atoms with Gasteiger partial charge in [0.25, 0.3) is 0 Å². The van der Waals surface area contributed by atoms with Gasteiger partial charge in [0.15, 0.2) is 11.5 Å². The highest BCUT2D eigenvalue weighted by atomic mass is 15.3. The van der Waals surface area contributed by atoms with Gasteiger partial charge in [-0.1, -0.05) is 6.07 Å². The molecule has 5 heterocycles. The van der Waals surface area contributed by atoms with E-state index in [-0.39, 0.29) is 0 Å². The molecule has 7 heteroatoms. The van der Waals surface area contributed by atoms with E-state index >= 15 is 0 Å². The zero-order valence-electron chi connectivity index (χ0n) is 15.5. The molecule has 0 aliphatic carbocycles. The Hall–Kier alpha value is -2.67. The molecule has 0 spiro atoms. The van der Waals surface area contributed by atoms with Crippen LogP contribution < -0.4 is 10.6 Å². The predicted molar refractivity (Wildman–Crippen MR) is 107 cm³/mol. The molecule has 5 rings (SSSR count). The van der Waals surface area contributed by atoms with E-state index in [9.17, 15) is 0 Å². The highest BCUT2D eigenvalue weighted by Gasteiger charge is 2.28. The Labute approximate surface area is 158 Å². The molecular weight excluding hydrogens is 338 g/mol. The minimum atomic E-state index is 0.466. The van der Waals surface area contributed by atoms with Crippen LogP contribution in [0.25, 0.3) is 16.9 Å². The van der Waals surface area contributed by atoms with Crippen LogP contribution in [-0.2, 0) is 0 Å². The third-order valence-electron chi connectivity index (χ3n) is 5.78. The Morgan fingerprint density at radius 1 is 1.07 bits per heavy atom. The second kappa shape index (κ2) is 6.81. The van der Waals surface area contributed by atoms with Gasteiger partial charge in [0.05, 0.1) is 29.3 Å². The third kappa shape index (κ3) is 3.02. The molecule has 0 radical (unpaired) electrons. The zero-order chi connectivity index (χ0) is 18.2. The van der Waals surface area contributed by atoms with Gasteiger partial charge in [-0.3, -0.25) is 4.98 Å². The summed E-state index contributed by atoms with van der Waals surface area (Å²) in [5.74, 6) is 0.466. The minimum absolute atomic E-state index is 0.466. The normalized spacial score (nSPS) is 20.7. The van der Waals surface area contributed by atoms with Crippen LogP contribution in [0.15, 0.2) is 36.8 Å². The number of nitrogen functional groups attached to an aromatic ring is 1. The van der Waals surface area contributed by atoms with E-state index in [0.717, 1.165) is 35.7 Å². The van der Waals surface area contributed by atoms with Crippen molar-refractivity contribution >= 4 is 17.2 Å². The number of rotatable bonds is 4. The van der Waals surface area contributed by atoms with Crippen LogP contribution >= 0.6 is 0 Å². The highest BCUT2D eigenvalue weighted by molar-refractivity contribution is 5.84. The van der Waals surface area contributed by atoms with Gasteiger partial charge in [0, 0.05) is 25.3 Å². The molecule has 2 fully saturated rings. The quantitative estimate of drug-likeness (QED) is 0.767. The molecule has 140 valence electrons. The molecule has 1 atom stereocenters. The smallest absolute Gasteiger partial charge is 0.166 e. The van der Waals surface area contributed by atoms with Crippen LogP contribution in [0, 0.1) is 0 Å². The van der Waals surface area contributed by atoms with Crippen molar-refractivity contribution in [1.82, 2.24) is 24.5 Å². The summed E-state index contributed by atoms with van der Waals surface area (Å²) >= 11 is 0. The molecule has 3 aromatic rings. The van der Waals surface area contributed by atoms with E-state index in [1.165, 1.54) is 38.8 Å². The Kier molecular flexibility index (Phi) is 4.16. The van der Waals surface area contributed by atoms with E-state index < -0.39 is 0 Å². The summed E-state index contributed by atoms with van der Waals surface area (Å²) in [7, 11) is 0. The van der Waals surface area contributed by atoms with Crippen LogP contribution in [-0.4, -0.2) is 56.7 Å². The lowest BCUT2D eigenvalue weighted by Crippen LogP contribution is -2.39. The Balaban J connectivity index is 1.46. The predicted octanol–water partition coefficient (Wildman–Crippen LogP) is 2.44. The second-order valence-electron chi connectivity index (χ2n) is 7.55. The van der Waals surface area contributed by atoms with Gasteiger partial charge >= 0.3 is 0 Å². The number of nitrogens with two attached hydrogens (primary N) is 1. The lowest BCUT2D eigenvalue weighted by Gasteiger charge is -2.29. The minimum Gasteiger partial charge on any atom is -0.382 e. The van der Waals surface area contributed by atoms with Gasteiger partial charge in [-0.2, -0.15) is 0 Å². The number of pyridine rings is 1. The largest absolute Gasteiger partial charge is 0.382 e. The van der Waals surface area contributed by atoms with Crippen molar-refractivity contribution in [3.05, 3.63) is 36.8 Å². The maximum absolute atomic E-state index is 6.19. The topological polar surface area (TPSA) is 75.6 Å². The van der Waals surface area contributed by atoms with E-state index in [2.05, 4.69) is 26.1 Å². The summed E-state index contributed by atoms with van der Waals surface area (Å²) in [5.41, 5.74) is 9.68. The molecule has 2 saturated heterocycles. The zero-order valence-corrected chi connectivity index (χ0v) is 15.5. The summed E-state index contributed by atoms with van der Waals surface area (Å²) in [6.07, 6.45) is 10.9. The van der Waals surface area contributed by atoms with Crippen LogP contribution in [0.1, 0.15) is 25.7 Å². The molecular formula is C20H25N7. The molecule has 2 aliphatic rings. The molecule has 0 saturated carbocycles. The molecule has 0 unspecified atom stereocenters. The fourth-order valence-corrected chi connectivity index (χ4v) is 4.48. The van der Waals surface area contributed by atoms with Crippen molar-refractivity contribution in [3.63, 3.8) is 0 Å². The molecule has 3 aromatic heterocycles. The van der Waals surface area contributed by atoms with Gasteiger partial charge in [-0.05, 0) is 50.9 Å². The van der Waals surface area contributed by atoms with Crippen LogP contribution in [0.5, 0.6) is 0 Å². The monoisotopic (exact) mass is 363 g/mol. The number of anilines is 2. The number of likely N-dealkylation sites (tertiary alicyclic amines) is 1. The molecule has 2 N–H and O–H groups in total. The first-order valence-electron chi connectivity index (χ1n) is 9.84. The first-order valence-corrected chi connectivity index (χ1v) is 9.84. The van der Waals surface area contributed by atoms with Gasteiger partial charge < -0.3 is 15.5 Å². The van der Waals surface area contributed by atoms with Crippen molar-refractivity contribution < 1.29 is 0 Å². The lowest BCUT2D eigenvalue weighted by molar-refractivity contribution is 0.313. The van der Waals surface area contributed by atoms with Crippen molar-refractivity contribution in [2.75, 3.05) is 36.8 Å². The van der Waals surface area contributed by atoms with Crippen molar-refractivity contribution in [2.45, 2.75) is 31.7 Å². The standard InChI is InChI=1S/C20H25N7/c21-19-18(17-7-1-2-8-22-17)20-23-12-16(14-27(20)24-19)26-11-5-6-15(26)13-25-9-3-4-10-25/h1-2,7-8,12,14-15H,3-6,9-11,13H2,(H2,21,24)/t15-/m1/s1. The van der Waals surface area contributed by atoms with Gasteiger partial charge in [-0.15, -0.1) is 5.10 Å². The first kappa shape index (κ1) is 16.5. The number of nitrogens with zero attached hydrogens (tertiary/aromatic N) is 6. The number of fused-ring (bicyclic) bond motifs is 1. The fraction of sp³-hybridized carbons (Fsp3) is 0.450. The van der Waals surface area contributed by atoms with E-state index in [0.29, 0.717) is 11.9 Å². The molecule has 27 heavy (non-hydrogen) atoms. The molecule has 0 aromatic carbocycles. The van der Waals surface area contributed by atoms with Crippen molar-refractivity contribution in [1.29, 1.82) is 0 Å². The number of aromatic nitrogens is 4. The molecule has 7 nitrogen and oxygen atoms in total. The van der Waals surface area contributed by atoms with E-state index in [1.807, 2.05) is 24.4 Å².